The molecule has 1 aromatic carbocycles. The van der Waals surface area contributed by atoms with E-state index in [1.807, 2.05) is 6.26 Å². The first-order valence-corrected chi connectivity index (χ1v) is 9.59. The summed E-state index contributed by atoms with van der Waals surface area (Å²) in [5.74, 6) is 0.796. The Balaban J connectivity index is 1.78. The predicted molar refractivity (Wildman–Crippen MR) is 105 cm³/mol. The molecule has 0 unspecified atom stereocenters. The lowest BCUT2D eigenvalue weighted by Crippen LogP contribution is -2.06. The van der Waals surface area contributed by atoms with E-state index in [9.17, 15) is 13.2 Å². The van der Waals surface area contributed by atoms with Gasteiger partial charge < -0.3 is 14.2 Å². The van der Waals surface area contributed by atoms with Crippen molar-refractivity contribution in [2.24, 2.45) is 0 Å². The molecule has 2 heterocycles. The number of nitrogens with zero attached hydrogens (tertiary/aromatic N) is 3. The minimum absolute atomic E-state index is 0.0130. The number of halogens is 3. The lowest BCUT2D eigenvalue weighted by atomic mass is 10.1. The first-order chi connectivity index (χ1) is 13.9. The molecule has 0 bridgehead atoms. The van der Waals surface area contributed by atoms with Gasteiger partial charge in [0.05, 0.1) is 18.4 Å². The monoisotopic (exact) mass is 422 g/mol. The smallest absolute Gasteiger partial charge is 0.416 e. The Morgan fingerprint density at radius 1 is 1.07 bits per heavy atom. The molecule has 0 aliphatic rings. The fourth-order valence-corrected chi connectivity index (χ4v) is 2.85. The van der Waals surface area contributed by atoms with E-state index in [2.05, 4.69) is 19.9 Å². The van der Waals surface area contributed by atoms with Crippen LogP contribution < -0.4 is 14.2 Å². The van der Waals surface area contributed by atoms with Crippen LogP contribution in [0.1, 0.15) is 11.1 Å². The van der Waals surface area contributed by atoms with Gasteiger partial charge in [-0.05, 0) is 29.8 Å². The summed E-state index contributed by atoms with van der Waals surface area (Å²) in [6.07, 6.45) is -1.00. The Bertz CT molecular complexity index is 986. The molecule has 29 heavy (non-hydrogen) atoms. The fourth-order valence-electron chi connectivity index (χ4n) is 2.48. The van der Waals surface area contributed by atoms with Crippen LogP contribution in [0.4, 0.5) is 18.9 Å². The second-order valence-electron chi connectivity index (χ2n) is 5.82. The summed E-state index contributed by atoms with van der Waals surface area (Å²) in [5, 5.41) is 8.11. The van der Waals surface area contributed by atoms with Crippen molar-refractivity contribution >= 4 is 17.6 Å². The largest absolute Gasteiger partial charge is 0.489 e. The van der Waals surface area contributed by atoms with E-state index < -0.39 is 11.7 Å². The van der Waals surface area contributed by atoms with E-state index in [1.54, 1.807) is 24.3 Å². The zero-order chi connectivity index (χ0) is 20.9. The summed E-state index contributed by atoms with van der Waals surface area (Å²) in [4.78, 5) is 4.26. The third-order valence-electron chi connectivity index (χ3n) is 3.82. The van der Waals surface area contributed by atoms with Crippen LogP contribution in [0.15, 0.2) is 48.7 Å². The lowest BCUT2D eigenvalue weighted by molar-refractivity contribution is -0.137. The zero-order valence-corrected chi connectivity index (χ0v) is 16.3. The molecule has 0 saturated carbocycles. The highest BCUT2D eigenvalue weighted by molar-refractivity contribution is 7.99. The molecule has 0 atom stereocenters. The molecule has 2 aromatic heterocycles. The van der Waals surface area contributed by atoms with Crippen molar-refractivity contribution in [1.82, 2.24) is 15.2 Å². The Kier molecular flexibility index (Phi) is 6.42. The average Bonchev–Trinajstić information content (AvgIpc) is 2.72. The van der Waals surface area contributed by atoms with Crippen molar-refractivity contribution < 1.29 is 22.6 Å². The van der Waals surface area contributed by atoms with Crippen molar-refractivity contribution in [1.29, 1.82) is 0 Å². The van der Waals surface area contributed by atoms with Crippen LogP contribution >= 0.6 is 11.9 Å². The van der Waals surface area contributed by atoms with Crippen molar-refractivity contribution in [3.05, 3.63) is 59.8 Å². The standard InChI is InChI=1S/C19H17F3N4O2S/c1-27-18-17(26-29-2)10-16(24-25-18)15-9-14(6-7-23-15)28-11-12-4-3-5-13(8-12)19(20,21)22/h3-10H,11H2,1-2H3,(H,24,26). The van der Waals surface area contributed by atoms with Crippen molar-refractivity contribution in [3.63, 3.8) is 0 Å². The first kappa shape index (κ1) is 20.7. The maximum Gasteiger partial charge on any atom is 0.416 e. The van der Waals surface area contributed by atoms with Gasteiger partial charge in [0.15, 0.2) is 0 Å². The molecule has 0 amide bonds. The predicted octanol–water partition coefficient (Wildman–Crippen LogP) is 4.83. The van der Waals surface area contributed by atoms with E-state index in [1.165, 1.54) is 31.3 Å². The molecule has 3 rings (SSSR count). The molecule has 6 nitrogen and oxygen atoms in total. The van der Waals surface area contributed by atoms with Gasteiger partial charge in [0.1, 0.15) is 23.7 Å². The van der Waals surface area contributed by atoms with Crippen molar-refractivity contribution in [2.45, 2.75) is 12.8 Å². The number of ether oxygens (including phenoxy) is 2. The molecule has 152 valence electrons. The number of nitrogens with one attached hydrogen (secondary N) is 1. The van der Waals surface area contributed by atoms with Crippen molar-refractivity contribution in [3.8, 4) is 23.0 Å². The van der Waals surface area contributed by atoms with Crippen LogP contribution in [-0.2, 0) is 12.8 Å². The maximum atomic E-state index is 12.8. The fraction of sp³-hybridized carbons (Fsp3) is 0.211. The van der Waals surface area contributed by atoms with Gasteiger partial charge in [-0.25, -0.2) is 0 Å². The lowest BCUT2D eigenvalue weighted by Gasteiger charge is -2.11. The maximum absolute atomic E-state index is 12.8. The Labute approximate surface area is 169 Å². The highest BCUT2D eigenvalue weighted by atomic mass is 32.2. The van der Waals surface area contributed by atoms with Gasteiger partial charge in [-0.15, -0.1) is 10.2 Å². The topological polar surface area (TPSA) is 69.2 Å². The summed E-state index contributed by atoms with van der Waals surface area (Å²) in [5.41, 5.74) is 1.34. The number of rotatable bonds is 7. The van der Waals surface area contributed by atoms with Crippen LogP contribution in [0.25, 0.3) is 11.4 Å². The second-order valence-corrected chi connectivity index (χ2v) is 6.43. The molecule has 0 saturated heterocycles. The van der Waals surface area contributed by atoms with E-state index >= 15 is 0 Å². The molecule has 0 aliphatic carbocycles. The van der Waals surface area contributed by atoms with E-state index in [4.69, 9.17) is 9.47 Å². The third-order valence-corrected chi connectivity index (χ3v) is 4.24. The molecule has 10 heteroatoms. The SMILES string of the molecule is COc1nnc(-c2cc(OCc3cccc(C(F)(F)F)c3)ccn2)cc1NSC. The van der Waals surface area contributed by atoms with Crippen LogP contribution in [-0.4, -0.2) is 28.5 Å². The number of hydrogen-bond donors (Lipinski definition) is 1. The molecular formula is C19H17F3N4O2S. The Morgan fingerprint density at radius 2 is 1.90 bits per heavy atom. The van der Waals surface area contributed by atoms with Crippen LogP contribution in [0.2, 0.25) is 0 Å². The molecule has 0 fully saturated rings. The molecule has 0 aliphatic heterocycles. The number of benzene rings is 1. The highest BCUT2D eigenvalue weighted by Gasteiger charge is 2.30. The average molecular weight is 422 g/mol. The summed E-state index contributed by atoms with van der Waals surface area (Å²) >= 11 is 1.38. The third kappa shape index (κ3) is 5.29. The molecule has 0 spiro atoms. The number of pyridine rings is 1. The van der Waals surface area contributed by atoms with Crippen LogP contribution in [0.5, 0.6) is 11.6 Å². The van der Waals surface area contributed by atoms with Gasteiger partial charge in [-0.3, -0.25) is 4.98 Å². The zero-order valence-electron chi connectivity index (χ0n) is 15.5. The summed E-state index contributed by atoms with van der Waals surface area (Å²) in [7, 11) is 1.50. The minimum Gasteiger partial charge on any atom is -0.489 e. The Hall–Kier alpha value is -3.01. The molecule has 1 N–H and O–H groups in total. The molecule has 3 aromatic rings. The Morgan fingerprint density at radius 3 is 2.62 bits per heavy atom. The number of hydrogen-bond acceptors (Lipinski definition) is 7. The van der Waals surface area contributed by atoms with Crippen LogP contribution in [0, 0.1) is 0 Å². The number of alkyl halides is 3. The quantitative estimate of drug-likeness (QED) is 0.547. The van der Waals surface area contributed by atoms with E-state index in [0.29, 0.717) is 34.3 Å². The van der Waals surface area contributed by atoms with Crippen molar-refractivity contribution in [2.75, 3.05) is 18.1 Å². The first-order valence-electron chi connectivity index (χ1n) is 8.37. The van der Waals surface area contributed by atoms with Gasteiger partial charge in [0.2, 0.25) is 0 Å². The van der Waals surface area contributed by atoms with Gasteiger partial charge in [0, 0.05) is 18.5 Å². The van der Waals surface area contributed by atoms with Gasteiger partial charge in [-0.1, -0.05) is 24.1 Å². The number of aromatic nitrogens is 3. The number of anilines is 1. The summed E-state index contributed by atoms with van der Waals surface area (Å²) in [6.45, 7) is -0.0130. The second kappa shape index (κ2) is 8.99. The van der Waals surface area contributed by atoms with Gasteiger partial charge in [0.25, 0.3) is 5.88 Å². The van der Waals surface area contributed by atoms with E-state index in [-0.39, 0.29) is 6.61 Å². The highest BCUT2D eigenvalue weighted by Crippen LogP contribution is 2.30. The van der Waals surface area contributed by atoms with Gasteiger partial charge in [-0.2, -0.15) is 13.2 Å². The van der Waals surface area contributed by atoms with Gasteiger partial charge >= 0.3 is 6.18 Å². The van der Waals surface area contributed by atoms with E-state index in [0.717, 1.165) is 12.1 Å². The molecular weight excluding hydrogens is 405 g/mol. The summed E-state index contributed by atoms with van der Waals surface area (Å²) in [6, 6.07) is 10.0. The summed E-state index contributed by atoms with van der Waals surface area (Å²) < 4.78 is 52.4. The normalized spacial score (nSPS) is 11.2. The molecule has 0 radical (unpaired) electrons. The minimum atomic E-state index is -4.39. The number of methoxy groups -OCH3 is 1. The van der Waals surface area contributed by atoms with Crippen LogP contribution in [0.3, 0.4) is 0 Å².